The number of aromatic carboxylic acids is 1. The SMILES string of the molecule is CC(O)CN(CC(C)O)c1nc(Cc2ccc(C(=O)[O-])cc2)nc(Nc2c[c-]c(/C=C/c3ccc(Nc4nc(Cc5cc[c-]cc5)nc(N(CC(C)O)CC(C)O)n4)cc3S(=O)(=O)[O-])cc2)n1.O=C=O.O=S(=O)=O.[Na+].[Na+].[Na+].[Na+]. The monoisotopic (exact) mass is 1150 g/mol. The number of hydrogen-bond donors (Lipinski definition) is 6. The number of carboxylic acids is 1. The average molecular weight is 1150 g/mol. The number of nitrogens with zero attached hydrogens (tertiary/aromatic N) is 8. The van der Waals surface area contributed by atoms with Crippen molar-refractivity contribution in [2.45, 2.75) is 69.8 Å². The summed E-state index contributed by atoms with van der Waals surface area (Å²) in [5.41, 5.74) is 2.96. The molecule has 0 aliphatic heterocycles. The number of aliphatic hydroxyl groups is 4. The first-order valence-electron chi connectivity index (χ1n) is 22.1. The van der Waals surface area contributed by atoms with Crippen molar-refractivity contribution < 1.29 is 184 Å². The van der Waals surface area contributed by atoms with E-state index < -0.39 is 56.0 Å². The second-order valence-corrected chi connectivity index (χ2v) is 18.1. The third-order valence-electron chi connectivity index (χ3n) is 9.62. The summed E-state index contributed by atoms with van der Waals surface area (Å²) in [6, 6.07) is 28.6. The van der Waals surface area contributed by atoms with Gasteiger partial charge in [0.2, 0.25) is 23.8 Å². The predicted molar refractivity (Wildman–Crippen MR) is 262 cm³/mol. The normalized spacial score (nSPS) is 12.0. The third-order valence-corrected chi connectivity index (χ3v) is 10.5. The second-order valence-electron chi connectivity index (χ2n) is 16.3. The van der Waals surface area contributed by atoms with E-state index in [-0.39, 0.29) is 198 Å². The van der Waals surface area contributed by atoms with Gasteiger partial charge in [0.1, 0.15) is 21.8 Å². The first-order chi connectivity index (χ1) is 35.0. The van der Waals surface area contributed by atoms with E-state index in [1.165, 1.54) is 30.3 Å². The van der Waals surface area contributed by atoms with Crippen LogP contribution in [-0.4, -0.2) is 139 Å². The maximum absolute atomic E-state index is 12.6. The summed E-state index contributed by atoms with van der Waals surface area (Å²) in [5, 5.41) is 58.2. The molecule has 0 radical (unpaired) electrons. The Morgan fingerprint density at radius 3 is 1.49 bits per heavy atom. The van der Waals surface area contributed by atoms with Crippen LogP contribution in [0.5, 0.6) is 0 Å². The van der Waals surface area contributed by atoms with Crippen LogP contribution in [0, 0.1) is 12.1 Å². The minimum absolute atomic E-state index is 0. The van der Waals surface area contributed by atoms with Crippen LogP contribution in [0.1, 0.15) is 72.0 Å². The van der Waals surface area contributed by atoms with Gasteiger partial charge in [0.05, 0.1) is 35.3 Å². The molecule has 392 valence electrons. The summed E-state index contributed by atoms with van der Waals surface area (Å²) in [7, 11) is -8.11. The molecule has 6 N–H and O–H groups in total. The molecule has 78 heavy (non-hydrogen) atoms. The molecule has 0 amide bonds. The van der Waals surface area contributed by atoms with Crippen molar-refractivity contribution in [2.24, 2.45) is 0 Å². The Kier molecular flexibility index (Phi) is 35.3. The number of aliphatic hydroxyl groups excluding tert-OH is 4. The largest absolute Gasteiger partial charge is 1.00 e. The van der Waals surface area contributed by atoms with Crippen LogP contribution in [-0.2, 0) is 43.2 Å². The number of benzene rings is 4. The van der Waals surface area contributed by atoms with Gasteiger partial charge in [0, 0.05) is 44.7 Å². The molecule has 6 aromatic rings. The van der Waals surface area contributed by atoms with Crippen LogP contribution in [0.4, 0.5) is 35.2 Å². The van der Waals surface area contributed by atoms with Crippen molar-refractivity contribution in [3.8, 4) is 0 Å². The second kappa shape index (κ2) is 37.1. The van der Waals surface area contributed by atoms with Gasteiger partial charge < -0.3 is 55.3 Å². The summed E-state index contributed by atoms with van der Waals surface area (Å²) >= 11 is 0. The molecule has 0 aliphatic rings. The average Bonchev–Trinajstić information content (AvgIpc) is 3.31. The van der Waals surface area contributed by atoms with Gasteiger partial charge in [-0.25, -0.2) is 8.42 Å². The van der Waals surface area contributed by atoms with Crippen LogP contribution < -0.4 is 144 Å². The van der Waals surface area contributed by atoms with E-state index in [1.54, 1.807) is 92.1 Å². The van der Waals surface area contributed by atoms with Crippen molar-refractivity contribution in [2.75, 3.05) is 46.6 Å². The first-order valence-corrected chi connectivity index (χ1v) is 24.5. The molecule has 0 spiro atoms. The van der Waals surface area contributed by atoms with Crippen molar-refractivity contribution >= 4 is 80.2 Å². The van der Waals surface area contributed by atoms with Gasteiger partial charge in [-0.3, -0.25) is 0 Å². The molecular formula is C48H50N10Na4O14S2. The maximum Gasteiger partial charge on any atom is 1.00 e. The van der Waals surface area contributed by atoms with E-state index in [0.29, 0.717) is 34.9 Å². The topological polar surface area (TPSA) is 371 Å². The van der Waals surface area contributed by atoms with Crippen molar-refractivity contribution in [1.82, 2.24) is 29.9 Å². The molecule has 24 nitrogen and oxygen atoms in total. The number of hydrogen-bond acceptors (Lipinski definition) is 24. The zero-order chi connectivity index (χ0) is 54.5. The summed E-state index contributed by atoms with van der Waals surface area (Å²) < 4.78 is 63.2. The van der Waals surface area contributed by atoms with Crippen LogP contribution in [0.3, 0.4) is 0 Å². The Morgan fingerprint density at radius 2 is 1.09 bits per heavy atom. The maximum atomic E-state index is 12.6. The fraction of sp³-hybridized carbons (Fsp3) is 0.292. The fourth-order valence-electron chi connectivity index (χ4n) is 6.80. The molecule has 0 saturated carbocycles. The predicted octanol–water partition coefficient (Wildman–Crippen LogP) is -10.7. The fourth-order valence-corrected chi connectivity index (χ4v) is 7.50. The van der Waals surface area contributed by atoms with Crippen molar-refractivity contribution in [3.05, 3.63) is 137 Å². The first kappa shape index (κ1) is 74.1. The summed E-state index contributed by atoms with van der Waals surface area (Å²) in [6.07, 6.45) is 0.672. The Morgan fingerprint density at radius 1 is 0.667 bits per heavy atom. The molecule has 30 heteroatoms. The van der Waals surface area contributed by atoms with Gasteiger partial charge in [-0.05, 0) is 62.2 Å². The molecule has 4 aromatic carbocycles. The van der Waals surface area contributed by atoms with Gasteiger partial charge in [0.15, 0.2) is 0 Å². The molecule has 6 rings (SSSR count). The van der Waals surface area contributed by atoms with Crippen LogP contribution in [0.15, 0.2) is 89.8 Å². The zero-order valence-corrected chi connectivity index (χ0v) is 53.7. The van der Waals surface area contributed by atoms with Gasteiger partial charge in [-0.1, -0.05) is 36.4 Å². The van der Waals surface area contributed by atoms with E-state index in [4.69, 9.17) is 22.2 Å². The van der Waals surface area contributed by atoms with Crippen molar-refractivity contribution in [1.29, 1.82) is 0 Å². The molecule has 2 heterocycles. The minimum atomic E-state index is -5.00. The van der Waals surface area contributed by atoms with E-state index in [2.05, 4.69) is 52.7 Å². The molecular weight excluding hydrogens is 1100 g/mol. The number of rotatable bonds is 22. The van der Waals surface area contributed by atoms with Crippen LogP contribution in [0.2, 0.25) is 0 Å². The molecule has 4 atom stereocenters. The standard InChI is InChI=1S/C47H52N10O9S.CO2.4Na.O3S/c1-29(58)25-56(26-30(2)59)46-53-42(23-35-11-16-37(17-12-35)43(62)63)50-44(54-46)48-38-19-13-33(14-20-38)10-15-36-18-21-39(24-40(36)67(64,65)66)49-45-51-41(22-34-8-6-5-7-9-34)52-47(55-45)57(27-31(3)60)28-32(4)61;2-1-3;;;;;1-4(2)3/h6-13,15-21,24,29-32,58-61H,22-23,25-28H2,1-4H3,(H,62,63)(H,64,65,66)(H,48,50,53,54)(H,49,51,52,55);;;;;;/q-2;;4*+1;/p-2/b15-10+;;;;;;. The molecule has 2 aromatic heterocycles. The van der Waals surface area contributed by atoms with E-state index in [1.807, 2.05) is 12.1 Å². The van der Waals surface area contributed by atoms with Gasteiger partial charge >= 0.3 is 135 Å². The van der Waals surface area contributed by atoms with E-state index >= 15 is 0 Å². The number of carbonyl (C=O) groups is 1. The smallest absolute Gasteiger partial charge is 0.744 e. The molecule has 4 unspecified atom stereocenters. The van der Waals surface area contributed by atoms with Crippen molar-refractivity contribution in [3.63, 3.8) is 0 Å². The zero-order valence-electron chi connectivity index (χ0n) is 44.1. The van der Waals surface area contributed by atoms with Crippen LogP contribution in [0.25, 0.3) is 12.2 Å². The van der Waals surface area contributed by atoms with Gasteiger partial charge in [-0.15, -0.1) is 43.0 Å². The quantitative estimate of drug-likeness (QED) is 0.0159. The minimum Gasteiger partial charge on any atom is -0.744 e. The van der Waals surface area contributed by atoms with E-state index in [9.17, 15) is 43.3 Å². The Balaban J connectivity index is 0.00000509. The number of carbonyl (C=O) groups excluding carboxylic acids is 3. The Hall–Kier alpha value is -3.94. The Labute approximate surface area is 540 Å². The molecule has 0 aliphatic carbocycles. The van der Waals surface area contributed by atoms with Crippen LogP contribution >= 0.6 is 0 Å². The van der Waals surface area contributed by atoms with Gasteiger partial charge in [0.25, 0.3) is 0 Å². The number of carboxylic acid groups (broad SMARTS) is 1. The van der Waals surface area contributed by atoms with E-state index in [0.717, 1.165) is 5.56 Å². The number of aromatic nitrogens is 6. The number of nitrogens with one attached hydrogen (secondary N) is 2. The summed E-state index contributed by atoms with van der Waals surface area (Å²) in [5.74, 6) is -0.102. The van der Waals surface area contributed by atoms with Gasteiger partial charge in [-0.2, -0.15) is 81.0 Å². The molecule has 0 fully saturated rings. The molecule has 0 bridgehead atoms. The number of anilines is 6. The summed E-state index contributed by atoms with van der Waals surface area (Å²) in [4.78, 5) is 57.7. The molecule has 0 saturated heterocycles. The third kappa shape index (κ3) is 27.0. The summed E-state index contributed by atoms with van der Waals surface area (Å²) in [6.45, 7) is 6.83. The Bertz CT molecular complexity index is 3090.